The minimum Gasteiger partial charge on any atom is -0.393 e. The van der Waals surface area contributed by atoms with E-state index < -0.39 is 48.4 Å². The van der Waals surface area contributed by atoms with Gasteiger partial charge in [0.2, 0.25) is 0 Å². The third kappa shape index (κ3) is 4.85. The molecular weight excluding hydrogens is 385 g/mol. The molecule has 9 heteroatoms. The maximum atomic E-state index is 13.7. The van der Waals surface area contributed by atoms with Crippen molar-refractivity contribution < 1.29 is 36.5 Å². The number of aliphatic hydroxyl groups excluding tert-OH is 1. The van der Waals surface area contributed by atoms with E-state index in [1.54, 1.807) is 0 Å². The summed E-state index contributed by atoms with van der Waals surface area (Å²) >= 11 is 0. The van der Waals surface area contributed by atoms with Gasteiger partial charge in [-0.2, -0.15) is 13.2 Å². The summed E-state index contributed by atoms with van der Waals surface area (Å²) in [5.74, 6) is -1.52. The lowest BCUT2D eigenvalue weighted by Gasteiger charge is -2.35. The number of halogens is 5. The maximum Gasteiger partial charge on any atom is 0.416 e. The third-order valence-corrected chi connectivity index (χ3v) is 4.33. The predicted octanol–water partition coefficient (Wildman–Crippen LogP) is 3.72. The number of morpholine rings is 1. The Kier molecular flexibility index (Phi) is 6.29. The van der Waals surface area contributed by atoms with Crippen molar-refractivity contribution in [1.29, 1.82) is 0 Å². The van der Waals surface area contributed by atoms with E-state index in [4.69, 9.17) is 9.47 Å². The number of benzene rings is 2. The molecule has 3 rings (SSSR count). The number of rotatable bonds is 5. The SMILES string of the molecule is OCC(OC1OCCNC1c1ccc(F)cc1)c1cc(F)cc(C(F)(F)F)c1. The van der Waals surface area contributed by atoms with E-state index in [9.17, 15) is 27.1 Å². The summed E-state index contributed by atoms with van der Waals surface area (Å²) in [6.45, 7) is 0.0537. The molecule has 0 bridgehead atoms. The molecule has 2 aromatic carbocycles. The topological polar surface area (TPSA) is 50.7 Å². The largest absolute Gasteiger partial charge is 0.416 e. The van der Waals surface area contributed by atoms with Gasteiger partial charge in [0.15, 0.2) is 6.29 Å². The molecule has 0 saturated carbocycles. The lowest BCUT2D eigenvalue weighted by Crippen LogP contribution is -2.44. The van der Waals surface area contributed by atoms with E-state index in [-0.39, 0.29) is 12.2 Å². The normalized spacial score (nSPS) is 21.5. The smallest absolute Gasteiger partial charge is 0.393 e. The van der Waals surface area contributed by atoms with Crippen LogP contribution in [0.1, 0.15) is 28.8 Å². The second kappa shape index (κ2) is 8.52. The van der Waals surface area contributed by atoms with Crippen LogP contribution in [0.25, 0.3) is 0 Å². The number of hydrogen-bond acceptors (Lipinski definition) is 4. The third-order valence-electron chi connectivity index (χ3n) is 4.33. The molecular formula is C19H18F5NO3. The molecule has 1 aliphatic rings. The van der Waals surface area contributed by atoms with Crippen LogP contribution in [0.2, 0.25) is 0 Å². The molecule has 2 aromatic rings. The average Bonchev–Trinajstić information content (AvgIpc) is 2.66. The van der Waals surface area contributed by atoms with E-state index in [1.165, 1.54) is 24.3 Å². The number of hydrogen-bond donors (Lipinski definition) is 2. The molecule has 3 atom stereocenters. The summed E-state index contributed by atoms with van der Waals surface area (Å²) in [6.07, 6.45) is -6.96. The Morgan fingerprint density at radius 2 is 1.82 bits per heavy atom. The molecule has 0 amide bonds. The highest BCUT2D eigenvalue weighted by atomic mass is 19.4. The van der Waals surface area contributed by atoms with Crippen LogP contribution < -0.4 is 5.32 Å². The van der Waals surface area contributed by atoms with Crippen LogP contribution in [0.3, 0.4) is 0 Å². The van der Waals surface area contributed by atoms with E-state index in [1.807, 2.05) is 0 Å². The van der Waals surface area contributed by atoms with Gasteiger partial charge in [0.1, 0.15) is 17.7 Å². The minimum absolute atomic E-state index is 0.165. The van der Waals surface area contributed by atoms with E-state index in [2.05, 4.69) is 5.32 Å². The lowest BCUT2D eigenvalue weighted by molar-refractivity contribution is -0.209. The van der Waals surface area contributed by atoms with Crippen LogP contribution in [0.15, 0.2) is 42.5 Å². The summed E-state index contributed by atoms with van der Waals surface area (Å²) in [6, 6.07) is 7.00. The molecule has 1 fully saturated rings. The van der Waals surface area contributed by atoms with Gasteiger partial charge in [0.05, 0.1) is 24.8 Å². The molecule has 2 N–H and O–H groups in total. The summed E-state index contributed by atoms with van der Waals surface area (Å²) in [5, 5.41) is 12.8. The number of aliphatic hydroxyl groups is 1. The van der Waals surface area contributed by atoms with Gasteiger partial charge >= 0.3 is 6.18 Å². The van der Waals surface area contributed by atoms with Crippen molar-refractivity contribution in [2.24, 2.45) is 0 Å². The van der Waals surface area contributed by atoms with E-state index in [0.29, 0.717) is 18.2 Å². The molecule has 4 nitrogen and oxygen atoms in total. The first kappa shape index (κ1) is 20.7. The lowest BCUT2D eigenvalue weighted by atomic mass is 10.0. The van der Waals surface area contributed by atoms with Gasteiger partial charge in [-0.05, 0) is 41.5 Å². The zero-order chi connectivity index (χ0) is 20.3. The van der Waals surface area contributed by atoms with Crippen LogP contribution in [0, 0.1) is 11.6 Å². The van der Waals surface area contributed by atoms with Crippen LogP contribution in [0.5, 0.6) is 0 Å². The monoisotopic (exact) mass is 403 g/mol. The van der Waals surface area contributed by atoms with Gasteiger partial charge in [-0.25, -0.2) is 8.78 Å². The Morgan fingerprint density at radius 1 is 1.11 bits per heavy atom. The highest BCUT2D eigenvalue weighted by Crippen LogP contribution is 2.34. The fraction of sp³-hybridized carbons (Fsp3) is 0.368. The molecule has 0 aromatic heterocycles. The van der Waals surface area contributed by atoms with Crippen LogP contribution in [-0.2, 0) is 15.7 Å². The second-order valence-corrected chi connectivity index (χ2v) is 6.30. The van der Waals surface area contributed by atoms with E-state index in [0.717, 1.165) is 12.1 Å². The second-order valence-electron chi connectivity index (χ2n) is 6.30. The number of ether oxygens (including phenoxy) is 2. The number of nitrogens with one attached hydrogen (secondary N) is 1. The molecule has 0 spiro atoms. The van der Waals surface area contributed by atoms with Gasteiger partial charge in [-0.15, -0.1) is 0 Å². The fourth-order valence-corrected chi connectivity index (χ4v) is 3.00. The molecule has 1 aliphatic heterocycles. The van der Waals surface area contributed by atoms with Crippen molar-refractivity contribution in [1.82, 2.24) is 5.32 Å². The Balaban J connectivity index is 1.84. The van der Waals surface area contributed by atoms with Gasteiger partial charge in [-0.3, -0.25) is 0 Å². The highest BCUT2D eigenvalue weighted by molar-refractivity contribution is 5.29. The Bertz CT molecular complexity index is 797. The van der Waals surface area contributed by atoms with Gasteiger partial charge in [-0.1, -0.05) is 12.1 Å². The van der Waals surface area contributed by atoms with Crippen molar-refractivity contribution in [3.63, 3.8) is 0 Å². The number of alkyl halides is 3. The molecule has 28 heavy (non-hydrogen) atoms. The first-order valence-corrected chi connectivity index (χ1v) is 8.52. The molecule has 0 radical (unpaired) electrons. The zero-order valence-corrected chi connectivity index (χ0v) is 14.5. The molecule has 3 unspecified atom stereocenters. The zero-order valence-electron chi connectivity index (χ0n) is 14.5. The van der Waals surface area contributed by atoms with Crippen LogP contribution >= 0.6 is 0 Å². The van der Waals surface area contributed by atoms with Crippen molar-refractivity contribution >= 4 is 0 Å². The fourth-order valence-electron chi connectivity index (χ4n) is 3.00. The summed E-state index contributed by atoms with van der Waals surface area (Å²) in [7, 11) is 0. The Labute approximate surface area is 157 Å². The average molecular weight is 403 g/mol. The van der Waals surface area contributed by atoms with E-state index >= 15 is 0 Å². The molecule has 1 saturated heterocycles. The molecule has 152 valence electrons. The summed E-state index contributed by atoms with van der Waals surface area (Å²) in [5.41, 5.74) is -0.706. The quantitative estimate of drug-likeness (QED) is 0.748. The first-order chi connectivity index (χ1) is 13.3. The summed E-state index contributed by atoms with van der Waals surface area (Å²) in [4.78, 5) is 0. The van der Waals surface area contributed by atoms with Gasteiger partial charge in [0, 0.05) is 6.54 Å². The Morgan fingerprint density at radius 3 is 2.46 bits per heavy atom. The van der Waals surface area contributed by atoms with Crippen LogP contribution in [-0.4, -0.2) is 31.2 Å². The predicted molar refractivity (Wildman–Crippen MR) is 89.2 cm³/mol. The van der Waals surface area contributed by atoms with Gasteiger partial charge in [0.25, 0.3) is 0 Å². The molecule has 0 aliphatic carbocycles. The maximum absolute atomic E-state index is 13.7. The van der Waals surface area contributed by atoms with Crippen LogP contribution in [0.4, 0.5) is 22.0 Å². The highest BCUT2D eigenvalue weighted by Gasteiger charge is 2.34. The standard InChI is InChI=1S/C19H18F5NO3/c20-14-3-1-11(2-4-14)17-18(27-6-5-25-17)28-16(10-26)12-7-13(19(22,23)24)9-15(21)8-12/h1-4,7-9,16-18,25-26H,5-6,10H2. The molecule has 1 heterocycles. The van der Waals surface area contributed by atoms with Crippen molar-refractivity contribution in [3.8, 4) is 0 Å². The first-order valence-electron chi connectivity index (χ1n) is 8.52. The van der Waals surface area contributed by atoms with Gasteiger partial charge < -0.3 is 19.9 Å². The van der Waals surface area contributed by atoms with Crippen molar-refractivity contribution in [3.05, 3.63) is 70.8 Å². The Hall–Kier alpha value is -2.07. The summed E-state index contributed by atoms with van der Waals surface area (Å²) < 4.78 is 77.0. The van der Waals surface area contributed by atoms with Crippen molar-refractivity contribution in [2.45, 2.75) is 24.6 Å². The van der Waals surface area contributed by atoms with Crippen molar-refractivity contribution in [2.75, 3.05) is 19.8 Å². The minimum atomic E-state index is -4.74.